The Labute approximate surface area is 112 Å². The highest BCUT2D eigenvalue weighted by Gasteiger charge is 2.35. The third kappa shape index (κ3) is 3.30. The van der Waals surface area contributed by atoms with Gasteiger partial charge in [0, 0.05) is 17.3 Å². The van der Waals surface area contributed by atoms with Crippen molar-refractivity contribution in [2.45, 2.75) is 19.1 Å². The summed E-state index contributed by atoms with van der Waals surface area (Å²) in [7, 11) is 0. The summed E-state index contributed by atoms with van der Waals surface area (Å²) in [5.41, 5.74) is 0.682. The van der Waals surface area contributed by atoms with Crippen LogP contribution < -0.4 is 5.32 Å². The van der Waals surface area contributed by atoms with E-state index in [1.807, 2.05) is 6.92 Å². The molecule has 19 heavy (non-hydrogen) atoms. The molecule has 0 spiro atoms. The summed E-state index contributed by atoms with van der Waals surface area (Å²) in [6.07, 6.45) is -1.52. The van der Waals surface area contributed by atoms with E-state index in [4.69, 9.17) is 0 Å². The van der Waals surface area contributed by atoms with E-state index in [1.165, 1.54) is 6.20 Å². The fourth-order valence-corrected chi connectivity index (χ4v) is 2.52. The highest BCUT2D eigenvalue weighted by Crippen LogP contribution is 2.35. The number of halogens is 3. The Morgan fingerprint density at radius 3 is 2.63 bits per heavy atom. The Kier molecular flexibility index (Phi) is 4.16. The normalized spacial score (nSPS) is 13.5. The van der Waals surface area contributed by atoms with Crippen LogP contribution in [0.4, 0.5) is 13.2 Å². The first-order chi connectivity index (χ1) is 9.02. The summed E-state index contributed by atoms with van der Waals surface area (Å²) in [6.45, 7) is 2.52. The number of pyridine rings is 1. The van der Waals surface area contributed by atoms with Crippen molar-refractivity contribution in [3.63, 3.8) is 0 Å². The minimum absolute atomic E-state index is 0.361. The van der Waals surface area contributed by atoms with Crippen molar-refractivity contribution in [1.29, 1.82) is 0 Å². The first-order valence-electron chi connectivity index (χ1n) is 5.69. The van der Waals surface area contributed by atoms with Gasteiger partial charge in [-0.2, -0.15) is 13.2 Å². The van der Waals surface area contributed by atoms with Gasteiger partial charge in [0.15, 0.2) is 5.01 Å². The number of aromatic nitrogens is 2. The van der Waals surface area contributed by atoms with Crippen molar-refractivity contribution in [3.8, 4) is 0 Å². The molecule has 0 aliphatic heterocycles. The maximum Gasteiger partial charge on any atom is 0.443 e. The number of nitrogens with zero attached hydrogens (tertiary/aromatic N) is 2. The second kappa shape index (κ2) is 5.66. The topological polar surface area (TPSA) is 37.8 Å². The third-order valence-electron chi connectivity index (χ3n) is 2.44. The van der Waals surface area contributed by atoms with E-state index in [0.717, 1.165) is 0 Å². The second-order valence-electron chi connectivity index (χ2n) is 3.81. The molecule has 0 aromatic carbocycles. The van der Waals surface area contributed by atoms with Crippen LogP contribution in [0, 0.1) is 0 Å². The smallest absolute Gasteiger partial charge is 0.305 e. The highest BCUT2D eigenvalue weighted by molar-refractivity contribution is 7.11. The molecule has 0 aliphatic carbocycles. The summed E-state index contributed by atoms with van der Waals surface area (Å²) in [4.78, 5) is 8.13. The molecule has 2 aromatic rings. The predicted molar refractivity (Wildman–Crippen MR) is 66.9 cm³/mol. The molecule has 0 amide bonds. The zero-order valence-corrected chi connectivity index (χ0v) is 10.9. The molecule has 0 bridgehead atoms. The van der Waals surface area contributed by atoms with Crippen LogP contribution in [0.15, 0.2) is 30.6 Å². The number of hydrogen-bond donors (Lipinski definition) is 1. The molecule has 2 rings (SSSR count). The van der Waals surface area contributed by atoms with Crippen molar-refractivity contribution in [2.75, 3.05) is 6.54 Å². The van der Waals surface area contributed by atoms with Crippen LogP contribution in [-0.4, -0.2) is 16.5 Å². The lowest BCUT2D eigenvalue weighted by Crippen LogP contribution is -2.21. The van der Waals surface area contributed by atoms with Crippen LogP contribution >= 0.6 is 11.3 Å². The molecule has 1 N–H and O–H groups in total. The number of thiazole rings is 1. The molecule has 1 unspecified atom stereocenters. The lowest BCUT2D eigenvalue weighted by molar-refractivity contribution is -0.137. The quantitative estimate of drug-likeness (QED) is 0.938. The zero-order valence-electron chi connectivity index (χ0n) is 10.1. The predicted octanol–water partition coefficient (Wildman–Crippen LogP) is 3.26. The standard InChI is InChI=1S/C12H12F3N3S/c1-2-16-10(8-5-3-4-6-17-8)9-7-18-11(19-9)12(13,14)15/h3-7,10,16H,2H2,1H3. The maximum absolute atomic E-state index is 12.6. The fourth-order valence-electron chi connectivity index (χ4n) is 1.65. The van der Waals surface area contributed by atoms with Gasteiger partial charge in [-0.3, -0.25) is 4.98 Å². The molecule has 0 saturated carbocycles. The minimum atomic E-state index is -4.40. The molecule has 0 fully saturated rings. The van der Waals surface area contributed by atoms with Crippen LogP contribution in [0.1, 0.15) is 28.5 Å². The Morgan fingerprint density at radius 1 is 1.32 bits per heavy atom. The van der Waals surface area contributed by atoms with Crippen LogP contribution in [0.5, 0.6) is 0 Å². The molecule has 0 aliphatic rings. The number of alkyl halides is 3. The van der Waals surface area contributed by atoms with Crippen LogP contribution in [0.2, 0.25) is 0 Å². The summed E-state index contributed by atoms with van der Waals surface area (Å²) in [5, 5.41) is 2.29. The van der Waals surface area contributed by atoms with Crippen molar-refractivity contribution in [1.82, 2.24) is 15.3 Å². The van der Waals surface area contributed by atoms with E-state index in [2.05, 4.69) is 15.3 Å². The molecular weight excluding hydrogens is 275 g/mol. The monoisotopic (exact) mass is 287 g/mol. The summed E-state index contributed by atoms with van der Waals surface area (Å²) < 4.78 is 37.7. The highest BCUT2D eigenvalue weighted by atomic mass is 32.1. The van der Waals surface area contributed by atoms with E-state index in [9.17, 15) is 13.2 Å². The van der Waals surface area contributed by atoms with E-state index in [0.29, 0.717) is 28.5 Å². The summed E-state index contributed by atoms with van der Waals surface area (Å²) >= 11 is 0.644. The lowest BCUT2D eigenvalue weighted by atomic mass is 10.1. The molecular formula is C12H12F3N3S. The molecule has 3 nitrogen and oxygen atoms in total. The average Bonchev–Trinajstić information content (AvgIpc) is 2.86. The first-order valence-corrected chi connectivity index (χ1v) is 6.51. The molecule has 102 valence electrons. The van der Waals surface area contributed by atoms with E-state index in [-0.39, 0.29) is 6.04 Å². The van der Waals surface area contributed by atoms with E-state index < -0.39 is 11.2 Å². The van der Waals surface area contributed by atoms with Gasteiger partial charge >= 0.3 is 6.18 Å². The van der Waals surface area contributed by atoms with Gasteiger partial charge in [0.25, 0.3) is 0 Å². The van der Waals surface area contributed by atoms with Crippen molar-refractivity contribution >= 4 is 11.3 Å². The van der Waals surface area contributed by atoms with Crippen molar-refractivity contribution in [2.24, 2.45) is 0 Å². The number of hydrogen-bond acceptors (Lipinski definition) is 4. The molecule has 2 heterocycles. The Bertz CT molecular complexity index is 525. The number of nitrogens with one attached hydrogen (secondary N) is 1. The van der Waals surface area contributed by atoms with Gasteiger partial charge in [-0.15, -0.1) is 11.3 Å². The Morgan fingerprint density at radius 2 is 2.11 bits per heavy atom. The first kappa shape index (κ1) is 14.0. The van der Waals surface area contributed by atoms with Gasteiger partial charge in [0.05, 0.1) is 11.7 Å². The molecule has 0 radical (unpaired) electrons. The fraction of sp³-hybridized carbons (Fsp3) is 0.333. The van der Waals surface area contributed by atoms with Gasteiger partial charge in [0.1, 0.15) is 0 Å². The van der Waals surface area contributed by atoms with Gasteiger partial charge < -0.3 is 5.32 Å². The SMILES string of the molecule is CCNC(c1ccccn1)c1cnc(C(F)(F)F)s1. The van der Waals surface area contributed by atoms with Crippen molar-refractivity contribution in [3.05, 3.63) is 46.2 Å². The maximum atomic E-state index is 12.6. The van der Waals surface area contributed by atoms with Crippen molar-refractivity contribution < 1.29 is 13.2 Å². The molecule has 7 heteroatoms. The zero-order chi connectivity index (χ0) is 13.9. The van der Waals surface area contributed by atoms with Gasteiger partial charge in [0.2, 0.25) is 0 Å². The van der Waals surface area contributed by atoms with Crippen LogP contribution in [0.25, 0.3) is 0 Å². The molecule has 2 aromatic heterocycles. The lowest BCUT2D eigenvalue weighted by Gasteiger charge is -2.15. The van der Waals surface area contributed by atoms with Gasteiger partial charge in [-0.05, 0) is 18.7 Å². The Balaban J connectivity index is 2.32. The Hall–Kier alpha value is -1.47. The van der Waals surface area contributed by atoms with Gasteiger partial charge in [-0.25, -0.2) is 4.98 Å². The van der Waals surface area contributed by atoms with E-state index >= 15 is 0 Å². The molecule has 1 atom stereocenters. The van der Waals surface area contributed by atoms with Gasteiger partial charge in [-0.1, -0.05) is 13.0 Å². The average molecular weight is 287 g/mol. The molecule has 0 saturated heterocycles. The van der Waals surface area contributed by atoms with Crippen LogP contribution in [-0.2, 0) is 6.18 Å². The second-order valence-corrected chi connectivity index (χ2v) is 4.87. The number of rotatable bonds is 4. The third-order valence-corrected chi connectivity index (χ3v) is 3.55. The largest absolute Gasteiger partial charge is 0.443 e. The van der Waals surface area contributed by atoms with E-state index in [1.54, 1.807) is 24.4 Å². The minimum Gasteiger partial charge on any atom is -0.305 e. The summed E-state index contributed by atoms with van der Waals surface area (Å²) in [5.74, 6) is 0. The summed E-state index contributed by atoms with van der Waals surface area (Å²) in [6, 6.07) is 4.98. The van der Waals surface area contributed by atoms with Crippen LogP contribution in [0.3, 0.4) is 0 Å².